The molecule has 3 N–H and O–H groups in total. The van der Waals surface area contributed by atoms with Crippen LogP contribution in [0.3, 0.4) is 0 Å². The van der Waals surface area contributed by atoms with Gasteiger partial charge in [-0.15, -0.1) is 0 Å². The van der Waals surface area contributed by atoms with Gasteiger partial charge in [-0.2, -0.15) is 0 Å². The summed E-state index contributed by atoms with van der Waals surface area (Å²) in [5.41, 5.74) is 3.37. The highest BCUT2D eigenvalue weighted by atomic mass is 35.5. The van der Waals surface area contributed by atoms with Crippen LogP contribution in [0.1, 0.15) is 29.3 Å². The first kappa shape index (κ1) is 30.3. The molecule has 0 saturated heterocycles. The molecule has 12 heteroatoms. The summed E-state index contributed by atoms with van der Waals surface area (Å²) < 4.78 is 23.6. The van der Waals surface area contributed by atoms with Crippen LogP contribution in [0.25, 0.3) is 11.3 Å². The van der Waals surface area contributed by atoms with Gasteiger partial charge in [0.1, 0.15) is 15.9 Å². The van der Waals surface area contributed by atoms with Crippen molar-refractivity contribution in [2.45, 2.75) is 23.7 Å². The lowest BCUT2D eigenvalue weighted by Crippen LogP contribution is -2.38. The number of halogens is 1. The number of amides is 2. The average molecular weight is 633 g/mol. The fraction of sp³-hybridized carbons (Fsp3) is 0.161. The molecule has 0 aliphatic carbocycles. The van der Waals surface area contributed by atoms with Crippen molar-refractivity contribution in [3.05, 3.63) is 125 Å². The number of rotatable bonds is 11. The van der Waals surface area contributed by atoms with Gasteiger partial charge in [0.2, 0.25) is 10.0 Å². The first-order valence-corrected chi connectivity index (χ1v) is 16.2. The number of benzene rings is 3. The molecule has 0 aliphatic heterocycles. The third-order valence-corrected chi connectivity index (χ3v) is 8.96. The molecule has 0 bridgehead atoms. The van der Waals surface area contributed by atoms with Crippen molar-refractivity contribution in [2.24, 2.45) is 5.14 Å². The van der Waals surface area contributed by atoms with Gasteiger partial charge in [-0.1, -0.05) is 95.7 Å². The van der Waals surface area contributed by atoms with Crippen molar-refractivity contribution in [2.75, 3.05) is 18.4 Å². The maximum Gasteiger partial charge on any atom is 0.323 e. The highest BCUT2D eigenvalue weighted by molar-refractivity contribution is 7.89. The fourth-order valence-corrected chi connectivity index (χ4v) is 6.29. The van der Waals surface area contributed by atoms with Crippen LogP contribution in [-0.4, -0.2) is 47.4 Å². The SMILES string of the molecule is NS(=O)(=O)c1ccc(-c2nc(NC(=O)N(CCc3ncccn3)CCC(c3ccccc3)c3ccccc3)sc2Cl)cc1. The Labute approximate surface area is 259 Å². The molecular formula is C31H29ClN6O3S2. The van der Waals surface area contributed by atoms with E-state index in [2.05, 4.69) is 44.5 Å². The van der Waals surface area contributed by atoms with Crippen LogP contribution >= 0.6 is 22.9 Å². The number of thiazole rings is 1. The lowest BCUT2D eigenvalue weighted by atomic mass is 9.88. The van der Waals surface area contributed by atoms with Gasteiger partial charge < -0.3 is 4.90 Å². The van der Waals surface area contributed by atoms with Crippen LogP contribution in [0.4, 0.5) is 9.93 Å². The number of carbonyl (C=O) groups excluding carboxylic acids is 1. The van der Waals surface area contributed by atoms with E-state index in [0.29, 0.717) is 52.5 Å². The van der Waals surface area contributed by atoms with Crippen LogP contribution in [-0.2, 0) is 16.4 Å². The number of hydrogen-bond donors (Lipinski definition) is 2. The Bertz CT molecular complexity index is 1710. The molecule has 0 spiro atoms. The van der Waals surface area contributed by atoms with Gasteiger partial charge >= 0.3 is 6.03 Å². The number of aromatic nitrogens is 3. The molecule has 3 aromatic carbocycles. The second kappa shape index (κ2) is 13.9. The molecule has 0 unspecified atom stereocenters. The minimum Gasteiger partial charge on any atom is -0.324 e. The minimum absolute atomic E-state index is 0.0153. The quantitative estimate of drug-likeness (QED) is 0.178. The molecule has 0 atom stereocenters. The van der Waals surface area contributed by atoms with E-state index in [1.165, 1.54) is 23.3 Å². The summed E-state index contributed by atoms with van der Waals surface area (Å²) in [5.74, 6) is 0.734. The largest absolute Gasteiger partial charge is 0.324 e. The Morgan fingerprint density at radius 1 is 0.884 bits per heavy atom. The van der Waals surface area contributed by atoms with Crippen molar-refractivity contribution in [3.63, 3.8) is 0 Å². The molecule has 0 radical (unpaired) electrons. The predicted molar refractivity (Wildman–Crippen MR) is 170 cm³/mol. The minimum atomic E-state index is -3.83. The van der Waals surface area contributed by atoms with E-state index < -0.39 is 10.0 Å². The second-order valence-electron chi connectivity index (χ2n) is 9.71. The summed E-state index contributed by atoms with van der Waals surface area (Å²) in [6.45, 7) is 0.862. The van der Waals surface area contributed by atoms with Gasteiger partial charge in [0.05, 0.1) is 4.90 Å². The van der Waals surface area contributed by atoms with Crippen LogP contribution in [0.2, 0.25) is 4.34 Å². The maximum atomic E-state index is 13.6. The van der Waals surface area contributed by atoms with Crippen LogP contribution < -0.4 is 10.5 Å². The molecule has 2 heterocycles. The molecule has 2 amide bonds. The van der Waals surface area contributed by atoms with Gasteiger partial charge in [0.15, 0.2) is 5.13 Å². The molecule has 220 valence electrons. The number of sulfonamides is 1. The van der Waals surface area contributed by atoms with Gasteiger partial charge in [-0.3, -0.25) is 5.32 Å². The van der Waals surface area contributed by atoms with Gasteiger partial charge in [0.25, 0.3) is 0 Å². The summed E-state index contributed by atoms with van der Waals surface area (Å²) in [6, 6.07) is 27.9. The molecule has 9 nitrogen and oxygen atoms in total. The summed E-state index contributed by atoms with van der Waals surface area (Å²) >= 11 is 7.61. The standard InChI is InChI=1S/C31H29ClN6O3S2/c32-29-28(24-12-14-25(15-13-24)43(33,40)41)36-30(42-29)37-31(39)38(21-17-27-34-18-7-19-35-27)20-16-26(22-8-3-1-4-9-22)23-10-5-2-6-11-23/h1-15,18-19,26H,16-17,20-21H2,(H2,33,40,41)(H,36,37,39). The maximum absolute atomic E-state index is 13.6. The number of primary sulfonamides is 1. The van der Waals surface area contributed by atoms with Gasteiger partial charge in [-0.25, -0.2) is 33.3 Å². The molecule has 43 heavy (non-hydrogen) atoms. The number of nitrogens with two attached hydrogens (primary N) is 1. The molecule has 5 rings (SSSR count). The number of carbonyl (C=O) groups is 1. The van der Waals surface area contributed by atoms with E-state index >= 15 is 0 Å². The average Bonchev–Trinajstić information content (AvgIpc) is 3.39. The predicted octanol–water partition coefficient (Wildman–Crippen LogP) is 6.20. The van der Waals surface area contributed by atoms with E-state index in [1.54, 1.807) is 35.5 Å². The number of urea groups is 1. The number of anilines is 1. The Hall–Kier alpha value is -4.16. The lowest BCUT2D eigenvalue weighted by molar-refractivity contribution is 0.210. The molecule has 5 aromatic rings. The highest BCUT2D eigenvalue weighted by Crippen LogP contribution is 2.36. The summed E-state index contributed by atoms with van der Waals surface area (Å²) in [7, 11) is -3.83. The van der Waals surface area contributed by atoms with Gasteiger partial charge in [-0.05, 0) is 35.7 Å². The zero-order valence-corrected chi connectivity index (χ0v) is 25.4. The Morgan fingerprint density at radius 3 is 2.07 bits per heavy atom. The first-order valence-electron chi connectivity index (χ1n) is 13.5. The fourth-order valence-electron chi connectivity index (χ4n) is 4.70. The third-order valence-electron chi connectivity index (χ3n) is 6.86. The Balaban J connectivity index is 1.35. The molecule has 0 aliphatic rings. The van der Waals surface area contributed by atoms with Crippen LogP contribution in [0, 0.1) is 0 Å². The molecule has 2 aromatic heterocycles. The molecule has 0 saturated carbocycles. The number of nitrogens with zero attached hydrogens (tertiary/aromatic N) is 4. The smallest absolute Gasteiger partial charge is 0.323 e. The summed E-state index contributed by atoms with van der Waals surface area (Å²) in [5, 5.41) is 8.43. The number of hydrogen-bond acceptors (Lipinski definition) is 7. The summed E-state index contributed by atoms with van der Waals surface area (Å²) in [6.07, 6.45) is 4.54. The summed E-state index contributed by atoms with van der Waals surface area (Å²) in [4.78, 5) is 28.5. The molecular weight excluding hydrogens is 604 g/mol. The van der Waals surface area contributed by atoms with Gasteiger partial charge in [0, 0.05) is 43.4 Å². The third kappa shape index (κ3) is 8.02. The highest BCUT2D eigenvalue weighted by Gasteiger charge is 2.21. The van der Waals surface area contributed by atoms with Crippen molar-refractivity contribution in [1.82, 2.24) is 19.9 Å². The van der Waals surface area contributed by atoms with Crippen LogP contribution in [0.15, 0.2) is 108 Å². The Morgan fingerprint density at radius 2 is 1.49 bits per heavy atom. The first-order chi connectivity index (χ1) is 20.8. The van der Waals surface area contributed by atoms with E-state index in [9.17, 15) is 13.2 Å². The topological polar surface area (TPSA) is 131 Å². The normalized spacial score (nSPS) is 11.4. The Kier molecular flexibility index (Phi) is 9.78. The number of nitrogens with one attached hydrogen (secondary N) is 1. The monoisotopic (exact) mass is 632 g/mol. The van der Waals surface area contributed by atoms with Crippen molar-refractivity contribution >= 4 is 44.1 Å². The van der Waals surface area contributed by atoms with Crippen LogP contribution in [0.5, 0.6) is 0 Å². The lowest BCUT2D eigenvalue weighted by Gasteiger charge is -2.26. The zero-order chi connectivity index (χ0) is 30.2. The molecule has 0 fully saturated rings. The van der Waals surface area contributed by atoms with E-state index in [0.717, 1.165) is 11.3 Å². The van der Waals surface area contributed by atoms with Crippen molar-refractivity contribution in [1.29, 1.82) is 0 Å². The van der Waals surface area contributed by atoms with E-state index in [-0.39, 0.29) is 16.8 Å². The van der Waals surface area contributed by atoms with E-state index in [1.807, 2.05) is 36.4 Å². The zero-order valence-electron chi connectivity index (χ0n) is 23.0. The van der Waals surface area contributed by atoms with Crippen molar-refractivity contribution < 1.29 is 13.2 Å². The second-order valence-corrected chi connectivity index (χ2v) is 12.9. The van der Waals surface area contributed by atoms with E-state index in [4.69, 9.17) is 16.7 Å². The van der Waals surface area contributed by atoms with Crippen molar-refractivity contribution in [3.8, 4) is 11.3 Å².